The number of halogens is 1. The lowest BCUT2D eigenvalue weighted by Gasteiger charge is -2.39. The third kappa shape index (κ3) is 2.64. The second-order valence-corrected chi connectivity index (χ2v) is 7.39. The van der Waals surface area contributed by atoms with Gasteiger partial charge in [0.25, 0.3) is 0 Å². The Bertz CT molecular complexity index is 747. The Hall–Kier alpha value is -1.77. The van der Waals surface area contributed by atoms with E-state index in [-0.39, 0.29) is 5.41 Å². The Kier molecular flexibility index (Phi) is 4.11. The van der Waals surface area contributed by atoms with E-state index in [2.05, 4.69) is 52.8 Å². The molecule has 0 N–H and O–H groups in total. The van der Waals surface area contributed by atoms with Gasteiger partial charge in [0.15, 0.2) is 0 Å². The first kappa shape index (κ1) is 15.7. The molecule has 3 heteroatoms. The zero-order valence-corrected chi connectivity index (χ0v) is 14.7. The van der Waals surface area contributed by atoms with E-state index in [9.17, 15) is 0 Å². The molecule has 24 heavy (non-hydrogen) atoms. The number of likely N-dealkylation sites (tertiary alicyclic amines) is 1. The first-order valence-corrected chi connectivity index (χ1v) is 9.05. The minimum Gasteiger partial charge on any atom is -0.340 e. The van der Waals surface area contributed by atoms with Crippen LogP contribution in [0, 0.1) is 0 Å². The summed E-state index contributed by atoms with van der Waals surface area (Å²) in [6.07, 6.45) is 4.42. The van der Waals surface area contributed by atoms with E-state index >= 15 is 0 Å². The Morgan fingerprint density at radius 3 is 2.62 bits per heavy atom. The van der Waals surface area contributed by atoms with E-state index in [4.69, 9.17) is 11.6 Å². The molecule has 0 atom stereocenters. The number of para-hydroxylation sites is 1. The summed E-state index contributed by atoms with van der Waals surface area (Å²) >= 11 is 6.24. The lowest BCUT2D eigenvalue weighted by Crippen LogP contribution is -2.44. The largest absolute Gasteiger partial charge is 0.340 e. The van der Waals surface area contributed by atoms with Crippen molar-refractivity contribution in [3.8, 4) is 0 Å². The van der Waals surface area contributed by atoms with Crippen molar-refractivity contribution in [2.45, 2.75) is 18.3 Å². The van der Waals surface area contributed by atoms with Gasteiger partial charge in [-0.2, -0.15) is 0 Å². The normalized spacial score (nSPS) is 19.5. The van der Waals surface area contributed by atoms with Gasteiger partial charge < -0.3 is 4.90 Å². The number of nitrogens with zero attached hydrogens (tertiary/aromatic N) is 2. The molecule has 2 heterocycles. The molecule has 4 rings (SSSR count). The third-order valence-electron chi connectivity index (χ3n) is 5.55. The second kappa shape index (κ2) is 6.27. The zero-order valence-electron chi connectivity index (χ0n) is 13.9. The molecule has 124 valence electrons. The van der Waals surface area contributed by atoms with Gasteiger partial charge in [-0.1, -0.05) is 41.9 Å². The van der Waals surface area contributed by atoms with Crippen LogP contribution in [0.15, 0.2) is 61.2 Å². The summed E-state index contributed by atoms with van der Waals surface area (Å²) in [5, 5.41) is 0.798. The molecular weight excluding hydrogens is 316 g/mol. The van der Waals surface area contributed by atoms with Gasteiger partial charge in [-0.3, -0.25) is 4.90 Å². The Morgan fingerprint density at radius 2 is 1.88 bits per heavy atom. The summed E-state index contributed by atoms with van der Waals surface area (Å²) in [5.41, 5.74) is 4.30. The van der Waals surface area contributed by atoms with Crippen LogP contribution in [0.3, 0.4) is 0 Å². The molecule has 0 saturated carbocycles. The van der Waals surface area contributed by atoms with Crippen molar-refractivity contribution in [1.29, 1.82) is 0 Å². The van der Waals surface area contributed by atoms with Gasteiger partial charge in [-0.05, 0) is 55.8 Å². The fourth-order valence-corrected chi connectivity index (χ4v) is 4.46. The standard InChI is InChI=1S/C21H23ClN2/c1-2-12-23-13-10-21(11-14-23)16-24(18-7-5-6-17(22)15-18)20-9-4-3-8-19(20)21/h2-9,15H,1,10-14,16H2. The van der Waals surface area contributed by atoms with E-state index in [0.29, 0.717) is 0 Å². The number of fused-ring (bicyclic) bond motifs is 2. The fourth-order valence-electron chi connectivity index (χ4n) is 4.28. The topological polar surface area (TPSA) is 6.48 Å². The highest BCUT2D eigenvalue weighted by Gasteiger charge is 2.44. The number of benzene rings is 2. The van der Waals surface area contributed by atoms with Crippen molar-refractivity contribution in [1.82, 2.24) is 4.90 Å². The SMILES string of the molecule is C=CCN1CCC2(CC1)CN(c1cccc(Cl)c1)c1ccccc12. The molecule has 2 aliphatic rings. The highest BCUT2D eigenvalue weighted by molar-refractivity contribution is 6.30. The average Bonchev–Trinajstić information content (AvgIpc) is 2.92. The predicted molar refractivity (Wildman–Crippen MR) is 102 cm³/mol. The molecule has 2 aromatic rings. The highest BCUT2D eigenvalue weighted by atomic mass is 35.5. The average molecular weight is 339 g/mol. The molecule has 1 saturated heterocycles. The lowest BCUT2D eigenvalue weighted by atomic mass is 9.74. The molecule has 0 radical (unpaired) electrons. The Balaban J connectivity index is 1.68. The Morgan fingerprint density at radius 1 is 1.08 bits per heavy atom. The van der Waals surface area contributed by atoms with Crippen molar-refractivity contribution in [3.63, 3.8) is 0 Å². The van der Waals surface area contributed by atoms with Crippen molar-refractivity contribution in [3.05, 3.63) is 71.8 Å². The maximum Gasteiger partial charge on any atom is 0.0449 e. The minimum atomic E-state index is 0.260. The van der Waals surface area contributed by atoms with Gasteiger partial charge >= 0.3 is 0 Å². The van der Waals surface area contributed by atoms with Crippen molar-refractivity contribution < 1.29 is 0 Å². The minimum absolute atomic E-state index is 0.260. The maximum atomic E-state index is 6.24. The summed E-state index contributed by atoms with van der Waals surface area (Å²) < 4.78 is 0. The van der Waals surface area contributed by atoms with Crippen LogP contribution in [-0.2, 0) is 5.41 Å². The van der Waals surface area contributed by atoms with E-state index in [1.165, 1.54) is 29.8 Å². The first-order valence-electron chi connectivity index (χ1n) is 8.68. The molecule has 0 bridgehead atoms. The van der Waals surface area contributed by atoms with Crippen LogP contribution in [0.1, 0.15) is 18.4 Å². The first-order chi connectivity index (χ1) is 11.7. The zero-order chi connectivity index (χ0) is 16.6. The molecule has 0 aliphatic carbocycles. The molecule has 1 fully saturated rings. The molecule has 0 aromatic heterocycles. The molecular formula is C21H23ClN2. The third-order valence-corrected chi connectivity index (χ3v) is 5.78. The van der Waals surface area contributed by atoms with E-state index < -0.39 is 0 Å². The molecule has 2 aliphatic heterocycles. The summed E-state index contributed by atoms with van der Waals surface area (Å²) in [7, 11) is 0. The van der Waals surface area contributed by atoms with Crippen LogP contribution in [0.2, 0.25) is 5.02 Å². The van der Waals surface area contributed by atoms with Crippen LogP contribution < -0.4 is 4.90 Å². The van der Waals surface area contributed by atoms with E-state index in [1.807, 2.05) is 18.2 Å². The number of hydrogen-bond acceptors (Lipinski definition) is 2. The second-order valence-electron chi connectivity index (χ2n) is 6.95. The van der Waals surface area contributed by atoms with E-state index in [1.54, 1.807) is 0 Å². The summed E-state index contributed by atoms with van der Waals surface area (Å²) in [6, 6.07) is 17.1. The summed E-state index contributed by atoms with van der Waals surface area (Å²) in [4.78, 5) is 4.95. The van der Waals surface area contributed by atoms with E-state index in [0.717, 1.165) is 31.2 Å². The summed E-state index contributed by atoms with van der Waals surface area (Å²) in [6.45, 7) is 8.21. The van der Waals surface area contributed by atoms with Gasteiger partial charge in [-0.15, -0.1) is 6.58 Å². The van der Waals surface area contributed by atoms with Crippen LogP contribution in [0.5, 0.6) is 0 Å². The van der Waals surface area contributed by atoms with Crippen LogP contribution >= 0.6 is 11.6 Å². The van der Waals surface area contributed by atoms with Crippen molar-refractivity contribution >= 4 is 23.0 Å². The van der Waals surface area contributed by atoms with Crippen LogP contribution in [0.25, 0.3) is 0 Å². The highest BCUT2D eigenvalue weighted by Crippen LogP contribution is 2.49. The van der Waals surface area contributed by atoms with Crippen LogP contribution in [0.4, 0.5) is 11.4 Å². The lowest BCUT2D eigenvalue weighted by molar-refractivity contribution is 0.181. The van der Waals surface area contributed by atoms with Crippen LogP contribution in [-0.4, -0.2) is 31.1 Å². The molecule has 0 amide bonds. The summed E-state index contributed by atoms with van der Waals surface area (Å²) in [5.74, 6) is 0. The Labute approximate surface area is 149 Å². The maximum absolute atomic E-state index is 6.24. The monoisotopic (exact) mass is 338 g/mol. The number of anilines is 2. The van der Waals surface area contributed by atoms with Gasteiger partial charge in [0.2, 0.25) is 0 Å². The molecule has 2 aromatic carbocycles. The number of rotatable bonds is 3. The van der Waals surface area contributed by atoms with Crippen molar-refractivity contribution in [2.75, 3.05) is 31.1 Å². The van der Waals surface area contributed by atoms with Crippen molar-refractivity contribution in [2.24, 2.45) is 0 Å². The van der Waals surface area contributed by atoms with Gasteiger partial charge in [0.05, 0.1) is 0 Å². The molecule has 0 unspecified atom stereocenters. The van der Waals surface area contributed by atoms with Gasteiger partial charge in [0.1, 0.15) is 0 Å². The fraction of sp³-hybridized carbons (Fsp3) is 0.333. The number of piperidine rings is 1. The van der Waals surface area contributed by atoms with Gasteiger partial charge in [0, 0.05) is 34.9 Å². The van der Waals surface area contributed by atoms with Gasteiger partial charge in [-0.25, -0.2) is 0 Å². The molecule has 1 spiro atoms. The quantitative estimate of drug-likeness (QED) is 0.726. The molecule has 2 nitrogen and oxygen atoms in total. The predicted octanol–water partition coefficient (Wildman–Crippen LogP) is 5.01. The number of hydrogen-bond donors (Lipinski definition) is 0. The smallest absolute Gasteiger partial charge is 0.0449 e.